The standard InChI is InChI=1S/C22H20.2Li/c1-15-3-7-19-11-17(13-21(19)9-15)5-6-18-12-20-8-4-16(2)10-22(20)14-18;;/h3-4,7-14H,5-6H2,1-2H3;;/q-2;2*+1. The summed E-state index contributed by atoms with van der Waals surface area (Å²) in [6, 6.07) is 22.8. The molecule has 0 saturated heterocycles. The minimum Gasteiger partial charge on any atom is -0.165 e. The summed E-state index contributed by atoms with van der Waals surface area (Å²) in [4.78, 5) is 0. The van der Waals surface area contributed by atoms with Crippen LogP contribution in [0.1, 0.15) is 22.3 Å². The largest absolute Gasteiger partial charge is 1.00 e. The van der Waals surface area contributed by atoms with Crippen molar-refractivity contribution in [2.75, 3.05) is 0 Å². The maximum atomic E-state index is 2.34. The SMILES string of the molecule is Cc1ccc2[cH-]c(CCc3cc4cc(C)ccc4[cH-]3)cc2c1.[Li+].[Li+]. The van der Waals surface area contributed by atoms with Crippen LogP contribution in [0.4, 0.5) is 0 Å². The number of benzene rings is 2. The van der Waals surface area contributed by atoms with Crippen LogP contribution in [0.5, 0.6) is 0 Å². The van der Waals surface area contributed by atoms with E-state index < -0.39 is 0 Å². The van der Waals surface area contributed by atoms with Gasteiger partial charge in [-0.3, -0.25) is 0 Å². The molecule has 0 aromatic heterocycles. The van der Waals surface area contributed by atoms with Crippen molar-refractivity contribution in [2.45, 2.75) is 26.7 Å². The molecular weight excluding hydrogens is 278 g/mol. The van der Waals surface area contributed by atoms with Crippen LogP contribution in [-0.2, 0) is 12.8 Å². The van der Waals surface area contributed by atoms with Gasteiger partial charge in [0.1, 0.15) is 0 Å². The van der Waals surface area contributed by atoms with E-state index in [1.165, 1.54) is 43.8 Å². The summed E-state index contributed by atoms with van der Waals surface area (Å²) in [7, 11) is 0. The van der Waals surface area contributed by atoms with Crippen LogP contribution in [0.2, 0.25) is 0 Å². The van der Waals surface area contributed by atoms with E-state index in [1.807, 2.05) is 0 Å². The molecule has 0 bridgehead atoms. The normalized spacial score (nSPS) is 10.6. The fourth-order valence-electron chi connectivity index (χ4n) is 3.36. The van der Waals surface area contributed by atoms with Crippen LogP contribution >= 0.6 is 0 Å². The Bertz CT molecular complexity index is 877. The molecule has 0 fully saturated rings. The van der Waals surface area contributed by atoms with Crippen LogP contribution in [0.15, 0.2) is 60.7 Å². The molecule has 0 saturated carbocycles. The summed E-state index contributed by atoms with van der Waals surface area (Å²) in [5, 5.41) is 5.48. The molecule has 4 aromatic rings. The van der Waals surface area contributed by atoms with Crippen molar-refractivity contribution >= 4 is 21.5 Å². The van der Waals surface area contributed by atoms with Gasteiger partial charge in [0.25, 0.3) is 0 Å². The quantitative estimate of drug-likeness (QED) is 0.364. The van der Waals surface area contributed by atoms with Gasteiger partial charge in [-0.2, -0.15) is 12.1 Å². The molecule has 0 radical (unpaired) electrons. The van der Waals surface area contributed by atoms with Gasteiger partial charge in [-0.05, 0) is 26.7 Å². The van der Waals surface area contributed by atoms with Gasteiger partial charge in [0.2, 0.25) is 0 Å². The maximum absolute atomic E-state index is 2.34. The summed E-state index contributed by atoms with van der Waals surface area (Å²) < 4.78 is 0. The summed E-state index contributed by atoms with van der Waals surface area (Å²) in [5.41, 5.74) is 5.56. The maximum Gasteiger partial charge on any atom is 1.00 e. The summed E-state index contributed by atoms with van der Waals surface area (Å²) in [6.45, 7) is 4.31. The van der Waals surface area contributed by atoms with E-state index in [9.17, 15) is 0 Å². The average Bonchev–Trinajstić information content (AvgIpc) is 3.07. The summed E-state index contributed by atoms with van der Waals surface area (Å²) in [6.07, 6.45) is 2.23. The van der Waals surface area contributed by atoms with Crippen LogP contribution in [0, 0.1) is 13.8 Å². The van der Waals surface area contributed by atoms with Gasteiger partial charge in [-0.15, -0.1) is 81.2 Å². The Hall–Kier alpha value is -1.15. The predicted molar refractivity (Wildman–Crippen MR) is 96.0 cm³/mol. The van der Waals surface area contributed by atoms with Gasteiger partial charge in [-0.25, -0.2) is 0 Å². The number of rotatable bonds is 3. The van der Waals surface area contributed by atoms with E-state index in [2.05, 4.69) is 74.5 Å². The third-order valence-corrected chi connectivity index (χ3v) is 4.55. The first-order chi connectivity index (χ1) is 10.7. The van der Waals surface area contributed by atoms with Crippen molar-refractivity contribution in [1.29, 1.82) is 0 Å². The Morgan fingerprint density at radius 1 is 0.625 bits per heavy atom. The molecule has 0 N–H and O–H groups in total. The summed E-state index contributed by atoms with van der Waals surface area (Å²) >= 11 is 0. The van der Waals surface area contributed by atoms with Crippen LogP contribution in [-0.4, -0.2) is 0 Å². The Kier molecular flexibility index (Phi) is 6.25. The zero-order valence-electron chi connectivity index (χ0n) is 15.2. The van der Waals surface area contributed by atoms with Gasteiger partial charge in [0.05, 0.1) is 0 Å². The van der Waals surface area contributed by atoms with E-state index in [-0.39, 0.29) is 37.7 Å². The Morgan fingerprint density at radius 3 is 1.46 bits per heavy atom. The molecule has 4 rings (SSSR count). The molecule has 0 atom stereocenters. The molecule has 0 amide bonds. The third-order valence-electron chi connectivity index (χ3n) is 4.55. The van der Waals surface area contributed by atoms with E-state index in [1.54, 1.807) is 0 Å². The van der Waals surface area contributed by atoms with E-state index >= 15 is 0 Å². The minimum atomic E-state index is 0. The molecule has 0 spiro atoms. The van der Waals surface area contributed by atoms with Crippen molar-refractivity contribution in [1.82, 2.24) is 0 Å². The smallest absolute Gasteiger partial charge is 0.165 e. The van der Waals surface area contributed by atoms with Gasteiger partial charge >= 0.3 is 37.7 Å². The zero-order valence-corrected chi connectivity index (χ0v) is 15.2. The van der Waals surface area contributed by atoms with Crippen LogP contribution < -0.4 is 37.7 Å². The topological polar surface area (TPSA) is 0 Å². The first-order valence-electron chi connectivity index (χ1n) is 7.99. The van der Waals surface area contributed by atoms with E-state index in [4.69, 9.17) is 0 Å². The molecule has 24 heavy (non-hydrogen) atoms. The second-order valence-corrected chi connectivity index (χ2v) is 6.49. The molecular formula is C22H20Li2. The fraction of sp³-hybridized carbons (Fsp3) is 0.182. The molecule has 0 aliphatic carbocycles. The second-order valence-electron chi connectivity index (χ2n) is 6.49. The van der Waals surface area contributed by atoms with Crippen LogP contribution in [0.3, 0.4) is 0 Å². The summed E-state index contributed by atoms with van der Waals surface area (Å²) in [5.74, 6) is 0. The molecule has 2 heteroatoms. The minimum absolute atomic E-state index is 0. The van der Waals surface area contributed by atoms with E-state index in [0.717, 1.165) is 12.8 Å². The van der Waals surface area contributed by atoms with Crippen molar-refractivity contribution < 1.29 is 37.7 Å². The predicted octanol–water partition coefficient (Wildman–Crippen LogP) is -0.159. The number of fused-ring (bicyclic) bond motifs is 2. The fourth-order valence-corrected chi connectivity index (χ4v) is 3.36. The van der Waals surface area contributed by atoms with Gasteiger partial charge in [0, 0.05) is 0 Å². The molecule has 0 unspecified atom stereocenters. The molecule has 110 valence electrons. The average molecular weight is 298 g/mol. The Balaban J connectivity index is 0.00000104. The number of aryl methyl sites for hydroxylation is 4. The van der Waals surface area contributed by atoms with Crippen molar-refractivity contribution in [3.8, 4) is 0 Å². The Morgan fingerprint density at radius 2 is 1.04 bits per heavy atom. The molecule has 4 aromatic carbocycles. The van der Waals surface area contributed by atoms with Crippen molar-refractivity contribution in [2.24, 2.45) is 0 Å². The molecule has 0 aliphatic heterocycles. The van der Waals surface area contributed by atoms with Gasteiger partial charge in [0.15, 0.2) is 0 Å². The molecule has 0 nitrogen and oxygen atoms in total. The van der Waals surface area contributed by atoms with Crippen LogP contribution in [0.25, 0.3) is 21.5 Å². The molecule has 0 aliphatic rings. The zero-order chi connectivity index (χ0) is 15.1. The first kappa shape index (κ1) is 19.2. The van der Waals surface area contributed by atoms with Crippen molar-refractivity contribution in [3.05, 3.63) is 82.9 Å². The number of hydrogen-bond donors (Lipinski definition) is 0. The van der Waals surface area contributed by atoms with Gasteiger partial charge < -0.3 is 0 Å². The van der Waals surface area contributed by atoms with E-state index in [0.29, 0.717) is 0 Å². The molecule has 0 heterocycles. The number of hydrogen-bond acceptors (Lipinski definition) is 0. The second kappa shape index (κ2) is 7.82. The third kappa shape index (κ3) is 3.91. The first-order valence-corrected chi connectivity index (χ1v) is 7.99. The van der Waals surface area contributed by atoms with Gasteiger partial charge in [-0.1, -0.05) is 11.1 Å². The Labute approximate surface area is 168 Å². The monoisotopic (exact) mass is 298 g/mol. The van der Waals surface area contributed by atoms with Crippen molar-refractivity contribution in [3.63, 3.8) is 0 Å².